The van der Waals surface area contributed by atoms with Crippen molar-refractivity contribution in [2.45, 2.75) is 51.0 Å². The van der Waals surface area contributed by atoms with E-state index in [0.717, 1.165) is 25.9 Å². The molecule has 3 nitrogen and oxygen atoms in total. The van der Waals surface area contributed by atoms with E-state index in [1.165, 1.54) is 30.4 Å². The molecule has 3 atom stereocenters. The third-order valence-corrected chi connectivity index (χ3v) is 5.31. The Bertz CT molecular complexity index is 514. The summed E-state index contributed by atoms with van der Waals surface area (Å²) in [5, 5.41) is 9.18. The zero-order valence-electron chi connectivity index (χ0n) is 12.8. The van der Waals surface area contributed by atoms with Crippen LogP contribution in [0.4, 0.5) is 0 Å². The van der Waals surface area contributed by atoms with Gasteiger partial charge in [0.25, 0.3) is 0 Å². The van der Waals surface area contributed by atoms with Gasteiger partial charge in [0.15, 0.2) is 0 Å². The van der Waals surface area contributed by atoms with Crippen LogP contribution in [0.2, 0.25) is 0 Å². The first-order valence-electron chi connectivity index (χ1n) is 8.20. The van der Waals surface area contributed by atoms with Crippen LogP contribution in [0, 0.1) is 5.92 Å². The fourth-order valence-corrected chi connectivity index (χ4v) is 4.04. The number of carbonyl (C=O) groups is 1. The lowest BCUT2D eigenvalue weighted by Crippen LogP contribution is -2.44. The van der Waals surface area contributed by atoms with Gasteiger partial charge in [-0.1, -0.05) is 24.3 Å². The molecule has 0 aromatic heterocycles. The van der Waals surface area contributed by atoms with Crippen molar-refractivity contribution in [3.05, 3.63) is 35.4 Å². The summed E-state index contributed by atoms with van der Waals surface area (Å²) in [5.41, 5.74) is 3.04. The van der Waals surface area contributed by atoms with E-state index in [0.29, 0.717) is 12.0 Å². The molecule has 3 unspecified atom stereocenters. The number of carboxylic acid groups (broad SMARTS) is 1. The maximum Gasteiger partial charge on any atom is 0.306 e. The lowest BCUT2D eigenvalue weighted by atomic mass is 9.81. The molecule has 1 aromatic rings. The van der Waals surface area contributed by atoms with Gasteiger partial charge in [0.2, 0.25) is 0 Å². The molecule has 1 aliphatic heterocycles. The van der Waals surface area contributed by atoms with Crippen molar-refractivity contribution in [2.75, 3.05) is 13.1 Å². The molecule has 0 radical (unpaired) electrons. The summed E-state index contributed by atoms with van der Waals surface area (Å²) in [6.07, 6.45) is 5.35. The normalized spacial score (nSPS) is 29.9. The first-order valence-corrected chi connectivity index (χ1v) is 8.20. The zero-order chi connectivity index (χ0) is 14.8. The Kier molecular flexibility index (Phi) is 4.29. The van der Waals surface area contributed by atoms with E-state index in [4.69, 9.17) is 0 Å². The van der Waals surface area contributed by atoms with Crippen LogP contribution in [-0.4, -0.2) is 35.1 Å². The monoisotopic (exact) mass is 287 g/mol. The number of piperidine rings is 1. The summed E-state index contributed by atoms with van der Waals surface area (Å²) in [6.45, 7) is 4.20. The highest BCUT2D eigenvalue weighted by Crippen LogP contribution is 2.34. The average molecular weight is 287 g/mol. The predicted molar refractivity (Wildman–Crippen MR) is 83.5 cm³/mol. The molecule has 1 aliphatic carbocycles. The maximum absolute atomic E-state index is 11.1. The van der Waals surface area contributed by atoms with Gasteiger partial charge in [-0.25, -0.2) is 0 Å². The number of hydrogen-bond acceptors (Lipinski definition) is 2. The Morgan fingerprint density at radius 1 is 1.33 bits per heavy atom. The minimum Gasteiger partial charge on any atom is -0.481 e. The summed E-state index contributed by atoms with van der Waals surface area (Å²) in [5.74, 6) is -0.141. The molecule has 0 saturated carbocycles. The minimum atomic E-state index is -0.621. The third kappa shape index (κ3) is 3.13. The Morgan fingerprint density at radius 2 is 2.14 bits per heavy atom. The number of hydrogen-bond donors (Lipinski definition) is 1. The van der Waals surface area contributed by atoms with Gasteiger partial charge in [0.05, 0.1) is 5.92 Å². The lowest BCUT2D eigenvalue weighted by molar-refractivity contribution is -0.144. The summed E-state index contributed by atoms with van der Waals surface area (Å²) >= 11 is 0. The van der Waals surface area contributed by atoms with E-state index in [1.54, 1.807) is 0 Å². The van der Waals surface area contributed by atoms with Crippen molar-refractivity contribution in [1.29, 1.82) is 0 Å². The molecule has 0 spiro atoms. The zero-order valence-corrected chi connectivity index (χ0v) is 12.8. The topological polar surface area (TPSA) is 40.5 Å². The van der Waals surface area contributed by atoms with Gasteiger partial charge < -0.3 is 10.0 Å². The quantitative estimate of drug-likeness (QED) is 0.927. The van der Waals surface area contributed by atoms with Crippen molar-refractivity contribution < 1.29 is 9.90 Å². The second-order valence-electron chi connectivity index (χ2n) is 6.69. The highest BCUT2D eigenvalue weighted by molar-refractivity contribution is 5.70. The fourth-order valence-electron chi connectivity index (χ4n) is 4.04. The van der Waals surface area contributed by atoms with Crippen molar-refractivity contribution >= 4 is 5.97 Å². The van der Waals surface area contributed by atoms with E-state index in [2.05, 4.69) is 36.1 Å². The molecule has 114 valence electrons. The van der Waals surface area contributed by atoms with E-state index < -0.39 is 5.97 Å². The van der Waals surface area contributed by atoms with Gasteiger partial charge in [0, 0.05) is 12.6 Å². The Labute approximate surface area is 127 Å². The molecule has 1 N–H and O–H groups in total. The van der Waals surface area contributed by atoms with E-state index in [1.807, 2.05) is 0 Å². The third-order valence-electron chi connectivity index (χ3n) is 5.31. The van der Waals surface area contributed by atoms with Crippen molar-refractivity contribution in [2.24, 2.45) is 5.92 Å². The first kappa shape index (κ1) is 14.6. The van der Waals surface area contributed by atoms with Crippen LogP contribution in [0.5, 0.6) is 0 Å². The molecule has 1 saturated heterocycles. The molecule has 3 rings (SSSR count). The predicted octanol–water partition coefficient (Wildman–Crippen LogP) is 3.29. The summed E-state index contributed by atoms with van der Waals surface area (Å²) in [6, 6.07) is 9.23. The van der Waals surface area contributed by atoms with E-state index in [-0.39, 0.29) is 5.92 Å². The molecule has 2 aliphatic rings. The number of aryl methyl sites for hydroxylation is 1. The summed E-state index contributed by atoms with van der Waals surface area (Å²) < 4.78 is 0. The lowest BCUT2D eigenvalue weighted by Gasteiger charge is -2.39. The second-order valence-corrected chi connectivity index (χ2v) is 6.69. The Morgan fingerprint density at radius 3 is 2.90 bits per heavy atom. The molecular weight excluding hydrogens is 262 g/mol. The standard InChI is InChI=1S/C18H25NO2/c1-13-11-15(18(20)21)9-10-19(13)12-16-7-4-6-14-5-2-3-8-17(14)16/h2-3,5,8,13,15-16H,4,6-7,9-12H2,1H3,(H,20,21). The summed E-state index contributed by atoms with van der Waals surface area (Å²) in [4.78, 5) is 13.6. The van der Waals surface area contributed by atoms with Crippen LogP contribution < -0.4 is 0 Å². The van der Waals surface area contributed by atoms with Gasteiger partial charge in [-0.15, -0.1) is 0 Å². The highest BCUT2D eigenvalue weighted by Gasteiger charge is 2.31. The van der Waals surface area contributed by atoms with Crippen molar-refractivity contribution in [3.63, 3.8) is 0 Å². The van der Waals surface area contributed by atoms with Crippen LogP contribution in [0.15, 0.2) is 24.3 Å². The van der Waals surface area contributed by atoms with Crippen LogP contribution in [0.25, 0.3) is 0 Å². The van der Waals surface area contributed by atoms with Gasteiger partial charge in [-0.2, -0.15) is 0 Å². The SMILES string of the molecule is CC1CC(C(=O)O)CCN1CC1CCCc2ccccc21. The van der Waals surface area contributed by atoms with Crippen molar-refractivity contribution in [1.82, 2.24) is 4.90 Å². The molecule has 1 heterocycles. The van der Waals surface area contributed by atoms with Gasteiger partial charge >= 0.3 is 5.97 Å². The molecule has 1 aromatic carbocycles. The number of likely N-dealkylation sites (tertiary alicyclic amines) is 1. The minimum absolute atomic E-state index is 0.144. The first-order chi connectivity index (χ1) is 10.1. The second kappa shape index (κ2) is 6.18. The van der Waals surface area contributed by atoms with Crippen LogP contribution in [-0.2, 0) is 11.2 Å². The van der Waals surface area contributed by atoms with Gasteiger partial charge in [-0.3, -0.25) is 4.79 Å². The summed E-state index contributed by atoms with van der Waals surface area (Å²) in [7, 11) is 0. The number of aliphatic carboxylic acids is 1. The average Bonchev–Trinajstić information content (AvgIpc) is 2.49. The van der Waals surface area contributed by atoms with Crippen LogP contribution >= 0.6 is 0 Å². The molecule has 21 heavy (non-hydrogen) atoms. The number of rotatable bonds is 3. The fraction of sp³-hybridized carbons (Fsp3) is 0.611. The largest absolute Gasteiger partial charge is 0.481 e. The Hall–Kier alpha value is -1.35. The van der Waals surface area contributed by atoms with Crippen molar-refractivity contribution in [3.8, 4) is 0 Å². The molecule has 0 amide bonds. The van der Waals surface area contributed by atoms with Gasteiger partial charge in [-0.05, 0) is 62.6 Å². The van der Waals surface area contributed by atoms with Crippen LogP contribution in [0.3, 0.4) is 0 Å². The smallest absolute Gasteiger partial charge is 0.306 e. The molecule has 0 bridgehead atoms. The highest BCUT2D eigenvalue weighted by atomic mass is 16.4. The molecule has 3 heteroatoms. The Balaban J connectivity index is 1.67. The van der Waals surface area contributed by atoms with E-state index >= 15 is 0 Å². The number of nitrogens with zero attached hydrogens (tertiary/aromatic N) is 1. The number of carboxylic acids is 1. The van der Waals surface area contributed by atoms with Crippen LogP contribution in [0.1, 0.15) is 49.7 Å². The molecular formula is C18H25NO2. The maximum atomic E-state index is 11.1. The number of benzene rings is 1. The van der Waals surface area contributed by atoms with Gasteiger partial charge in [0.1, 0.15) is 0 Å². The molecule has 1 fully saturated rings. The number of fused-ring (bicyclic) bond motifs is 1. The van der Waals surface area contributed by atoms with E-state index in [9.17, 15) is 9.90 Å².